The molecule has 1 amide bonds. The van der Waals surface area contributed by atoms with Crippen molar-refractivity contribution < 1.29 is 13.9 Å². The zero-order valence-corrected chi connectivity index (χ0v) is 16.8. The van der Waals surface area contributed by atoms with Crippen LogP contribution in [0.2, 0.25) is 0 Å². The van der Waals surface area contributed by atoms with Crippen molar-refractivity contribution in [2.45, 2.75) is 39.2 Å². The van der Waals surface area contributed by atoms with E-state index in [2.05, 4.69) is 22.4 Å². The maximum absolute atomic E-state index is 12.6. The van der Waals surface area contributed by atoms with Crippen LogP contribution in [0.1, 0.15) is 30.9 Å². The van der Waals surface area contributed by atoms with Gasteiger partial charge in [0.1, 0.15) is 11.5 Å². The predicted octanol–water partition coefficient (Wildman–Crippen LogP) is 4.34. The van der Waals surface area contributed by atoms with E-state index in [9.17, 15) is 4.79 Å². The molecule has 0 unspecified atom stereocenters. The number of hydrogen-bond acceptors (Lipinski definition) is 4. The molecule has 28 heavy (non-hydrogen) atoms. The number of carbonyl (C=O) groups excluding carboxylic acids is 1. The van der Waals surface area contributed by atoms with E-state index < -0.39 is 0 Å². The summed E-state index contributed by atoms with van der Waals surface area (Å²) in [7, 11) is 1.62. The molecule has 0 bridgehead atoms. The van der Waals surface area contributed by atoms with Gasteiger partial charge in [-0.3, -0.25) is 4.79 Å². The molecule has 3 rings (SSSR count). The van der Waals surface area contributed by atoms with Crippen molar-refractivity contribution in [2.24, 2.45) is 0 Å². The molecular formula is C23H26N2O3. The lowest BCUT2D eigenvalue weighted by Gasteiger charge is -2.26. The lowest BCUT2D eigenvalue weighted by molar-refractivity contribution is -0.122. The fourth-order valence-electron chi connectivity index (χ4n) is 3.20. The molecule has 0 saturated carbocycles. The van der Waals surface area contributed by atoms with E-state index in [-0.39, 0.29) is 17.9 Å². The zero-order chi connectivity index (χ0) is 20.1. The molecule has 0 fully saturated rings. The minimum Gasteiger partial charge on any atom is -0.497 e. The van der Waals surface area contributed by atoms with E-state index >= 15 is 0 Å². The number of carbonyl (C=O) groups is 1. The molecule has 0 aliphatic rings. The summed E-state index contributed by atoms with van der Waals surface area (Å²) < 4.78 is 11.0. The Labute approximate surface area is 165 Å². The number of aromatic nitrogens is 1. The summed E-state index contributed by atoms with van der Waals surface area (Å²) in [5, 5.41) is 3.11. The van der Waals surface area contributed by atoms with Gasteiger partial charge in [0, 0.05) is 11.1 Å². The largest absolute Gasteiger partial charge is 0.497 e. The van der Waals surface area contributed by atoms with Crippen molar-refractivity contribution in [1.29, 1.82) is 0 Å². The first kappa shape index (κ1) is 19.7. The number of methoxy groups -OCH3 is 1. The van der Waals surface area contributed by atoms with Gasteiger partial charge in [-0.15, -0.1) is 0 Å². The number of ether oxygens (including phenoxy) is 1. The van der Waals surface area contributed by atoms with E-state index in [1.165, 1.54) is 5.56 Å². The van der Waals surface area contributed by atoms with Crippen LogP contribution in [0.4, 0.5) is 0 Å². The molecule has 1 N–H and O–H groups in total. The Morgan fingerprint density at radius 3 is 2.61 bits per heavy atom. The standard InChI is InChI=1S/C23H26N2O3/c1-16-20(24-22(28-16)18-11-8-12-19(13-18)27-4)14-21(26)25-23(2,3)15-17-9-6-5-7-10-17/h5-13H,14-15H2,1-4H3,(H,25,26). The predicted molar refractivity (Wildman–Crippen MR) is 109 cm³/mol. The smallest absolute Gasteiger partial charge is 0.226 e. The maximum Gasteiger partial charge on any atom is 0.226 e. The quantitative estimate of drug-likeness (QED) is 0.664. The first-order valence-corrected chi connectivity index (χ1v) is 9.32. The van der Waals surface area contributed by atoms with Crippen molar-refractivity contribution >= 4 is 5.91 Å². The summed E-state index contributed by atoms with van der Waals surface area (Å²) >= 11 is 0. The summed E-state index contributed by atoms with van der Waals surface area (Å²) in [6.07, 6.45) is 0.934. The number of benzene rings is 2. The molecular weight excluding hydrogens is 352 g/mol. The molecule has 3 aromatic rings. The third-order valence-corrected chi connectivity index (χ3v) is 4.50. The lowest BCUT2D eigenvalue weighted by atomic mass is 9.94. The number of amides is 1. The van der Waals surface area contributed by atoms with Crippen molar-refractivity contribution in [3.05, 3.63) is 71.6 Å². The molecule has 5 nitrogen and oxygen atoms in total. The van der Waals surface area contributed by atoms with Gasteiger partial charge < -0.3 is 14.5 Å². The molecule has 1 aromatic heterocycles. The Balaban J connectivity index is 1.68. The van der Waals surface area contributed by atoms with E-state index in [0.29, 0.717) is 17.3 Å². The summed E-state index contributed by atoms with van der Waals surface area (Å²) in [6, 6.07) is 17.6. The average Bonchev–Trinajstić information content (AvgIpc) is 3.02. The van der Waals surface area contributed by atoms with E-state index in [4.69, 9.17) is 9.15 Å². The van der Waals surface area contributed by atoms with Crippen molar-refractivity contribution in [2.75, 3.05) is 7.11 Å². The fourth-order valence-corrected chi connectivity index (χ4v) is 3.20. The topological polar surface area (TPSA) is 64.4 Å². The summed E-state index contributed by atoms with van der Waals surface area (Å²) in [6.45, 7) is 5.87. The molecule has 146 valence electrons. The van der Waals surface area contributed by atoms with Crippen LogP contribution < -0.4 is 10.1 Å². The van der Waals surface area contributed by atoms with Crippen LogP contribution in [0.5, 0.6) is 5.75 Å². The molecule has 0 atom stereocenters. The Morgan fingerprint density at radius 1 is 1.14 bits per heavy atom. The van der Waals surface area contributed by atoms with Gasteiger partial charge in [-0.2, -0.15) is 0 Å². The molecule has 5 heteroatoms. The molecule has 0 aliphatic heterocycles. The van der Waals surface area contributed by atoms with Crippen LogP contribution in [0, 0.1) is 6.92 Å². The Hall–Kier alpha value is -3.08. The Morgan fingerprint density at radius 2 is 1.89 bits per heavy atom. The number of nitrogens with one attached hydrogen (secondary N) is 1. The highest BCUT2D eigenvalue weighted by molar-refractivity contribution is 5.79. The monoisotopic (exact) mass is 378 g/mol. The van der Waals surface area contributed by atoms with Crippen molar-refractivity contribution in [1.82, 2.24) is 10.3 Å². The molecule has 0 saturated heterocycles. The molecule has 2 aromatic carbocycles. The van der Waals surface area contributed by atoms with Gasteiger partial charge in [0.05, 0.1) is 19.2 Å². The maximum atomic E-state index is 12.6. The minimum absolute atomic E-state index is 0.0745. The van der Waals surface area contributed by atoms with E-state index in [1.54, 1.807) is 7.11 Å². The van der Waals surface area contributed by atoms with Gasteiger partial charge in [-0.1, -0.05) is 36.4 Å². The second-order valence-electron chi connectivity index (χ2n) is 7.53. The molecule has 0 radical (unpaired) electrons. The SMILES string of the molecule is COc1cccc(-c2nc(CC(=O)NC(C)(C)Cc3ccccc3)c(C)o2)c1. The number of hydrogen-bond donors (Lipinski definition) is 1. The highest BCUT2D eigenvalue weighted by Gasteiger charge is 2.23. The molecule has 0 aliphatic carbocycles. The average molecular weight is 378 g/mol. The zero-order valence-electron chi connectivity index (χ0n) is 16.8. The number of oxazole rings is 1. The fraction of sp³-hybridized carbons (Fsp3) is 0.304. The second-order valence-corrected chi connectivity index (χ2v) is 7.53. The van der Waals surface area contributed by atoms with Gasteiger partial charge >= 0.3 is 0 Å². The molecule has 1 heterocycles. The van der Waals surface area contributed by atoms with Crippen molar-refractivity contribution in [3.63, 3.8) is 0 Å². The Bertz CT molecular complexity index is 945. The third kappa shape index (κ3) is 5.00. The second kappa shape index (κ2) is 8.30. The first-order valence-electron chi connectivity index (χ1n) is 9.32. The third-order valence-electron chi connectivity index (χ3n) is 4.50. The van der Waals surface area contributed by atoms with Crippen LogP contribution in [0.15, 0.2) is 59.0 Å². The van der Waals surface area contributed by atoms with E-state index in [1.807, 2.05) is 63.2 Å². The number of nitrogens with zero attached hydrogens (tertiary/aromatic N) is 1. The molecule has 0 spiro atoms. The number of aryl methyl sites for hydroxylation is 1. The van der Waals surface area contributed by atoms with Crippen LogP contribution in [0.25, 0.3) is 11.5 Å². The van der Waals surface area contributed by atoms with Gasteiger partial charge in [-0.05, 0) is 51.0 Å². The van der Waals surface area contributed by atoms with Gasteiger partial charge in [0.15, 0.2) is 0 Å². The Kier molecular flexibility index (Phi) is 5.83. The van der Waals surface area contributed by atoms with Gasteiger partial charge in [-0.25, -0.2) is 4.98 Å². The van der Waals surface area contributed by atoms with Crippen LogP contribution in [0.3, 0.4) is 0 Å². The minimum atomic E-state index is -0.355. The highest BCUT2D eigenvalue weighted by Crippen LogP contribution is 2.25. The normalized spacial score (nSPS) is 11.3. The number of rotatable bonds is 7. The lowest BCUT2D eigenvalue weighted by Crippen LogP contribution is -2.45. The van der Waals surface area contributed by atoms with Gasteiger partial charge in [0.25, 0.3) is 0 Å². The van der Waals surface area contributed by atoms with E-state index in [0.717, 1.165) is 17.7 Å². The summed E-state index contributed by atoms with van der Waals surface area (Å²) in [5.74, 6) is 1.79. The van der Waals surface area contributed by atoms with Crippen molar-refractivity contribution in [3.8, 4) is 17.2 Å². The van der Waals surface area contributed by atoms with Crippen LogP contribution in [-0.4, -0.2) is 23.5 Å². The van der Waals surface area contributed by atoms with Gasteiger partial charge in [0.2, 0.25) is 11.8 Å². The summed E-state index contributed by atoms with van der Waals surface area (Å²) in [4.78, 5) is 17.1. The first-order chi connectivity index (χ1) is 13.4. The van der Waals surface area contributed by atoms with Crippen LogP contribution in [-0.2, 0) is 17.6 Å². The highest BCUT2D eigenvalue weighted by atomic mass is 16.5. The van der Waals surface area contributed by atoms with Crippen LogP contribution >= 0.6 is 0 Å². The summed E-state index contributed by atoms with van der Waals surface area (Å²) in [5.41, 5.74) is 2.29.